The van der Waals surface area contributed by atoms with Crippen LogP contribution in [0.25, 0.3) is 0 Å². The molecule has 0 radical (unpaired) electrons. The zero-order valence-electron chi connectivity index (χ0n) is 3.06. The van der Waals surface area contributed by atoms with Crippen molar-refractivity contribution in [1.82, 2.24) is 0 Å². The van der Waals surface area contributed by atoms with Gasteiger partial charge in [0.1, 0.15) is 0 Å². The SMILES string of the molecule is O=C(O)O.[Ce].[I][Eu]. The molecule has 0 bridgehead atoms. The summed E-state index contributed by atoms with van der Waals surface area (Å²) in [7, 11) is 0. The van der Waals surface area contributed by atoms with Gasteiger partial charge in [-0.05, 0) is 0 Å². The van der Waals surface area contributed by atoms with Crippen molar-refractivity contribution in [1.29, 1.82) is 0 Å². The molecule has 0 aromatic heterocycles. The molecule has 0 aromatic carbocycles. The van der Waals surface area contributed by atoms with Gasteiger partial charge in [0.25, 0.3) is 0 Å². The predicted molar refractivity (Wildman–Crippen MR) is 24.7 cm³/mol. The first-order chi connectivity index (χ1) is 2.73. The average molecular weight is 481 g/mol. The molecular formula is CH2CeEuIO3. The van der Waals surface area contributed by atoms with Gasteiger partial charge in [-0.2, -0.15) is 0 Å². The van der Waals surface area contributed by atoms with E-state index in [4.69, 9.17) is 15.0 Å². The van der Waals surface area contributed by atoms with Crippen molar-refractivity contribution in [2.45, 2.75) is 0 Å². The molecule has 0 aliphatic carbocycles. The molecule has 0 saturated heterocycles. The van der Waals surface area contributed by atoms with Crippen molar-refractivity contribution >= 4 is 18.0 Å². The Hall–Kier alpha value is 2.96. The molecule has 7 heavy (non-hydrogen) atoms. The van der Waals surface area contributed by atoms with E-state index in [1.807, 2.05) is 0 Å². The minimum absolute atomic E-state index is 0. The van der Waals surface area contributed by atoms with Crippen molar-refractivity contribution in [3.8, 4) is 0 Å². The fraction of sp³-hybridized carbons (Fsp3) is 0. The van der Waals surface area contributed by atoms with Crippen molar-refractivity contribution in [3.63, 3.8) is 0 Å². The van der Waals surface area contributed by atoms with Crippen LogP contribution in [-0.4, -0.2) is 16.4 Å². The number of halogens is 1. The van der Waals surface area contributed by atoms with Gasteiger partial charge in [-0.3, -0.25) is 0 Å². The van der Waals surface area contributed by atoms with E-state index in [1.54, 1.807) is 40.9 Å². The van der Waals surface area contributed by atoms with Crippen molar-refractivity contribution in [2.75, 3.05) is 0 Å². The Labute approximate surface area is 112 Å². The third-order valence-electron chi connectivity index (χ3n) is 0. The average Bonchev–Trinajstić information content (AvgIpc) is 1.41. The van der Waals surface area contributed by atoms with Crippen LogP contribution in [0, 0.1) is 82.7 Å². The molecule has 0 amide bonds. The van der Waals surface area contributed by atoms with Gasteiger partial charge in [0, 0.05) is 41.7 Å². The van der Waals surface area contributed by atoms with Crippen LogP contribution in [0.2, 0.25) is 0 Å². The Kier molecular flexibility index (Phi) is 37.7. The summed E-state index contributed by atoms with van der Waals surface area (Å²) in [5, 5.41) is 13.9. The molecule has 0 fully saturated rings. The number of rotatable bonds is 0. The van der Waals surface area contributed by atoms with E-state index in [2.05, 4.69) is 11.8 Å². The summed E-state index contributed by atoms with van der Waals surface area (Å²) in [5.74, 6) is 0. The monoisotopic (exact) mass is 482 g/mol. The topological polar surface area (TPSA) is 57.5 Å². The Bertz CT molecular complexity index is 37.9. The molecule has 3 nitrogen and oxygen atoms in total. The number of carboxylic acid groups (broad SMARTS) is 2. The molecule has 0 spiro atoms. The van der Waals surface area contributed by atoms with Gasteiger partial charge in [0.15, 0.2) is 0 Å². The molecule has 0 aliphatic heterocycles. The predicted octanol–water partition coefficient (Wildman–Crippen LogP) is 1.11. The summed E-state index contributed by atoms with van der Waals surface area (Å²) in [5.41, 5.74) is 0. The van der Waals surface area contributed by atoms with Crippen LogP contribution in [0.15, 0.2) is 0 Å². The van der Waals surface area contributed by atoms with Gasteiger partial charge in [-0.25, -0.2) is 4.79 Å². The summed E-state index contributed by atoms with van der Waals surface area (Å²) in [6, 6.07) is 0. The summed E-state index contributed by atoms with van der Waals surface area (Å²) in [4.78, 5) is 8.56. The summed E-state index contributed by atoms with van der Waals surface area (Å²) < 4.78 is 0. The Morgan fingerprint density at radius 3 is 1.43 bits per heavy atom. The molecule has 0 aliphatic rings. The number of hydrogen-bond donors (Lipinski definition) is 2. The van der Waals surface area contributed by atoms with Crippen molar-refractivity contribution < 1.29 is 97.7 Å². The van der Waals surface area contributed by atoms with Gasteiger partial charge in [-0.15, -0.1) is 0 Å². The van der Waals surface area contributed by atoms with E-state index in [9.17, 15) is 0 Å². The second-order valence-electron chi connectivity index (χ2n) is 0.283. The Morgan fingerprint density at radius 1 is 1.43 bits per heavy atom. The van der Waals surface area contributed by atoms with Gasteiger partial charge in [-0.1, -0.05) is 0 Å². The molecule has 0 atom stereocenters. The first-order valence-electron chi connectivity index (χ1n) is 0.794. The molecule has 0 saturated carbocycles. The summed E-state index contributed by atoms with van der Waals surface area (Å²) in [6.07, 6.45) is -1.83. The quantitative estimate of drug-likeness (QED) is 0.511. The van der Waals surface area contributed by atoms with E-state index in [0.717, 1.165) is 0 Å². The maximum atomic E-state index is 8.56. The normalized spacial score (nSPS) is 4.29. The van der Waals surface area contributed by atoms with Gasteiger partial charge < -0.3 is 10.2 Å². The van der Waals surface area contributed by atoms with Crippen molar-refractivity contribution in [2.24, 2.45) is 0 Å². The third-order valence-corrected chi connectivity index (χ3v) is 0. The molecule has 0 unspecified atom stereocenters. The first-order valence-corrected chi connectivity index (χ1v) is 7.76. The van der Waals surface area contributed by atoms with Crippen LogP contribution in [0.3, 0.4) is 0 Å². The number of hydrogen-bond acceptors (Lipinski definition) is 1. The molecule has 42 valence electrons. The zero-order valence-corrected chi connectivity index (χ0v) is 10.8. The molecular weight excluding hydrogens is 479 g/mol. The summed E-state index contributed by atoms with van der Waals surface area (Å²) in [6.45, 7) is 0. The first kappa shape index (κ1) is 16.5. The van der Waals surface area contributed by atoms with Gasteiger partial charge >= 0.3 is 58.9 Å². The third kappa shape index (κ3) is 49.5. The molecule has 6 heteroatoms. The van der Waals surface area contributed by atoms with Gasteiger partial charge in [0.2, 0.25) is 0 Å². The second-order valence-corrected chi connectivity index (χ2v) is 0.283. The Balaban J connectivity index is -0.0000000480. The van der Waals surface area contributed by atoms with E-state index < -0.39 is 6.16 Å². The Morgan fingerprint density at radius 2 is 1.43 bits per heavy atom. The van der Waals surface area contributed by atoms with Gasteiger partial charge in [0.05, 0.1) is 0 Å². The van der Waals surface area contributed by atoms with E-state index in [1.165, 1.54) is 0 Å². The fourth-order valence-corrected chi connectivity index (χ4v) is 0. The molecule has 2 N–H and O–H groups in total. The van der Waals surface area contributed by atoms with Crippen molar-refractivity contribution in [3.05, 3.63) is 0 Å². The molecule has 0 rings (SSSR count). The van der Waals surface area contributed by atoms with Crippen LogP contribution in [-0.2, 0) is 0 Å². The van der Waals surface area contributed by atoms with Crippen LogP contribution in [0.1, 0.15) is 0 Å². The van der Waals surface area contributed by atoms with Crippen LogP contribution < -0.4 is 0 Å². The van der Waals surface area contributed by atoms with E-state index in [0.29, 0.717) is 0 Å². The summed E-state index contributed by atoms with van der Waals surface area (Å²) >= 11 is 3.90. The van der Waals surface area contributed by atoms with Crippen LogP contribution in [0.4, 0.5) is 4.79 Å². The molecule has 0 aromatic rings. The fourth-order valence-electron chi connectivity index (χ4n) is 0. The standard InChI is InChI=1S/CH2O3.Ce.Eu.HI/c2-1(3)4;;;/h(H2,2,3,4);;;1H/q;;+1;/p-1. The minimum atomic E-state index is -1.83. The number of carbonyl (C=O) groups is 1. The van der Waals surface area contributed by atoms with Crippen LogP contribution in [0.5, 0.6) is 0 Å². The van der Waals surface area contributed by atoms with E-state index >= 15 is 0 Å². The zero-order chi connectivity index (χ0) is 5.58. The maximum absolute atomic E-state index is 8.56. The van der Waals surface area contributed by atoms with Crippen LogP contribution >= 0.6 is 11.8 Å². The van der Waals surface area contributed by atoms with E-state index in [-0.39, 0.29) is 41.7 Å². The second kappa shape index (κ2) is 16.0. The molecule has 0 heterocycles.